The number of fused-ring (bicyclic) bond motifs is 1. The number of hydrogen-bond acceptors (Lipinski definition) is 3. The lowest BCUT2D eigenvalue weighted by atomic mass is 10.3. The van der Waals surface area contributed by atoms with Gasteiger partial charge in [0.2, 0.25) is 5.95 Å². The van der Waals surface area contributed by atoms with Crippen molar-refractivity contribution in [1.29, 1.82) is 0 Å². The van der Waals surface area contributed by atoms with Gasteiger partial charge >= 0.3 is 0 Å². The summed E-state index contributed by atoms with van der Waals surface area (Å²) in [6, 6.07) is 12.3. The van der Waals surface area contributed by atoms with Crippen LogP contribution in [0.5, 0.6) is 5.75 Å². The van der Waals surface area contributed by atoms with Crippen molar-refractivity contribution < 1.29 is 5.11 Å². The number of anilines is 2. The first-order valence-corrected chi connectivity index (χ1v) is 5.80. The molecule has 1 aromatic heterocycles. The van der Waals surface area contributed by atoms with Gasteiger partial charge in [-0.05, 0) is 42.5 Å². The van der Waals surface area contributed by atoms with Crippen LogP contribution in [0.4, 0.5) is 11.6 Å². The monoisotopic (exact) mass is 259 g/mol. The van der Waals surface area contributed by atoms with E-state index in [1.54, 1.807) is 30.3 Å². The maximum absolute atomic E-state index is 9.20. The predicted molar refractivity (Wildman–Crippen MR) is 72.5 cm³/mol. The number of rotatable bonds is 2. The van der Waals surface area contributed by atoms with Gasteiger partial charge in [-0.15, -0.1) is 0 Å². The average Bonchev–Trinajstić information content (AvgIpc) is 2.73. The molecule has 90 valence electrons. The second kappa shape index (κ2) is 4.23. The number of imidazole rings is 1. The fourth-order valence-corrected chi connectivity index (χ4v) is 1.89. The summed E-state index contributed by atoms with van der Waals surface area (Å²) in [5, 5.41) is 13.0. The summed E-state index contributed by atoms with van der Waals surface area (Å²) in [6.07, 6.45) is 0. The fraction of sp³-hybridized carbons (Fsp3) is 0. The van der Waals surface area contributed by atoms with Gasteiger partial charge in [0.1, 0.15) is 5.75 Å². The van der Waals surface area contributed by atoms with E-state index in [1.807, 2.05) is 12.1 Å². The molecule has 4 nitrogen and oxygen atoms in total. The number of nitrogens with zero attached hydrogens (tertiary/aromatic N) is 1. The Balaban J connectivity index is 1.92. The Hall–Kier alpha value is -2.20. The Kier molecular flexibility index (Phi) is 2.57. The summed E-state index contributed by atoms with van der Waals surface area (Å²) >= 11 is 5.91. The van der Waals surface area contributed by atoms with Gasteiger partial charge in [0, 0.05) is 10.7 Å². The van der Waals surface area contributed by atoms with E-state index in [4.69, 9.17) is 11.6 Å². The van der Waals surface area contributed by atoms with E-state index in [0.29, 0.717) is 11.0 Å². The smallest absolute Gasteiger partial charge is 0.205 e. The van der Waals surface area contributed by atoms with Gasteiger partial charge in [-0.1, -0.05) is 11.6 Å². The maximum atomic E-state index is 9.20. The fourth-order valence-electron chi connectivity index (χ4n) is 1.72. The van der Waals surface area contributed by atoms with Crippen molar-refractivity contribution in [2.24, 2.45) is 0 Å². The SMILES string of the molecule is Oc1ccc(Nc2nc3ccc(Cl)cc3[nH]2)cc1. The number of phenols is 1. The van der Waals surface area contributed by atoms with Gasteiger partial charge in [0.05, 0.1) is 11.0 Å². The third-order valence-electron chi connectivity index (χ3n) is 2.57. The van der Waals surface area contributed by atoms with Gasteiger partial charge in [0.25, 0.3) is 0 Å². The highest BCUT2D eigenvalue weighted by Gasteiger charge is 2.03. The number of phenolic OH excluding ortho intramolecular Hbond substituents is 1. The lowest BCUT2D eigenvalue weighted by molar-refractivity contribution is 0.475. The van der Waals surface area contributed by atoms with Crippen LogP contribution in [0.2, 0.25) is 5.02 Å². The average molecular weight is 260 g/mol. The van der Waals surface area contributed by atoms with E-state index < -0.39 is 0 Å². The first kappa shape index (κ1) is 10.9. The third kappa shape index (κ3) is 2.10. The maximum Gasteiger partial charge on any atom is 0.205 e. The molecule has 0 radical (unpaired) electrons. The van der Waals surface area contributed by atoms with Crippen molar-refractivity contribution in [2.75, 3.05) is 5.32 Å². The van der Waals surface area contributed by atoms with Crippen molar-refractivity contribution in [3.05, 3.63) is 47.5 Å². The first-order chi connectivity index (χ1) is 8.70. The molecule has 3 N–H and O–H groups in total. The Morgan fingerprint density at radius 2 is 1.89 bits per heavy atom. The molecule has 5 heteroatoms. The summed E-state index contributed by atoms with van der Waals surface area (Å²) in [6.45, 7) is 0. The number of nitrogens with one attached hydrogen (secondary N) is 2. The molecular formula is C13H10ClN3O. The Morgan fingerprint density at radius 1 is 1.11 bits per heavy atom. The van der Waals surface area contributed by atoms with Gasteiger partial charge in [-0.3, -0.25) is 0 Å². The van der Waals surface area contributed by atoms with Crippen molar-refractivity contribution >= 4 is 34.3 Å². The zero-order valence-electron chi connectivity index (χ0n) is 9.31. The molecule has 0 amide bonds. The second-order valence-corrected chi connectivity index (χ2v) is 4.36. The molecule has 3 aromatic rings. The summed E-state index contributed by atoms with van der Waals surface area (Å²) in [7, 11) is 0. The van der Waals surface area contributed by atoms with Crippen LogP contribution in [0, 0.1) is 0 Å². The van der Waals surface area contributed by atoms with E-state index in [-0.39, 0.29) is 5.75 Å². The summed E-state index contributed by atoms with van der Waals surface area (Å²) in [5.74, 6) is 0.870. The van der Waals surface area contributed by atoms with Gasteiger partial charge < -0.3 is 15.4 Å². The normalized spacial score (nSPS) is 10.7. The second-order valence-electron chi connectivity index (χ2n) is 3.92. The van der Waals surface area contributed by atoms with Crippen molar-refractivity contribution in [3.63, 3.8) is 0 Å². The van der Waals surface area contributed by atoms with E-state index >= 15 is 0 Å². The Bertz CT molecular complexity index is 691. The standard InChI is InChI=1S/C13H10ClN3O/c14-8-1-6-11-12(7-8)17-13(16-11)15-9-2-4-10(18)5-3-9/h1-7,18H,(H2,15,16,17). The van der Waals surface area contributed by atoms with E-state index in [0.717, 1.165) is 16.7 Å². The molecule has 0 saturated carbocycles. The number of aromatic nitrogens is 2. The van der Waals surface area contributed by atoms with Crippen LogP contribution in [0.25, 0.3) is 11.0 Å². The molecule has 0 bridgehead atoms. The van der Waals surface area contributed by atoms with Crippen LogP contribution in [0.3, 0.4) is 0 Å². The number of H-pyrrole nitrogens is 1. The number of aromatic hydroxyl groups is 1. The molecule has 0 atom stereocenters. The summed E-state index contributed by atoms with van der Waals surface area (Å²) in [5.41, 5.74) is 2.57. The molecule has 0 fully saturated rings. The lowest BCUT2D eigenvalue weighted by Gasteiger charge is -2.01. The van der Waals surface area contributed by atoms with Crippen LogP contribution in [-0.2, 0) is 0 Å². The number of benzene rings is 2. The molecule has 3 rings (SSSR count). The van der Waals surface area contributed by atoms with Crippen LogP contribution in [0.1, 0.15) is 0 Å². The molecular weight excluding hydrogens is 250 g/mol. The molecule has 0 aliphatic heterocycles. The molecule has 0 spiro atoms. The Morgan fingerprint density at radius 3 is 2.67 bits per heavy atom. The van der Waals surface area contributed by atoms with E-state index in [9.17, 15) is 5.11 Å². The number of halogens is 1. The van der Waals surface area contributed by atoms with Crippen molar-refractivity contribution in [2.45, 2.75) is 0 Å². The molecule has 0 aliphatic rings. The van der Waals surface area contributed by atoms with Crippen LogP contribution >= 0.6 is 11.6 Å². The highest BCUT2D eigenvalue weighted by molar-refractivity contribution is 6.31. The molecule has 1 heterocycles. The van der Waals surface area contributed by atoms with Crippen LogP contribution in [0.15, 0.2) is 42.5 Å². The molecule has 2 aromatic carbocycles. The highest BCUT2D eigenvalue weighted by Crippen LogP contribution is 2.22. The summed E-state index contributed by atoms with van der Waals surface area (Å²) in [4.78, 5) is 7.51. The third-order valence-corrected chi connectivity index (χ3v) is 2.81. The minimum Gasteiger partial charge on any atom is -0.508 e. The molecule has 0 saturated heterocycles. The van der Waals surface area contributed by atoms with Gasteiger partial charge in [0.15, 0.2) is 0 Å². The van der Waals surface area contributed by atoms with Crippen molar-refractivity contribution in [1.82, 2.24) is 9.97 Å². The Labute approximate surface area is 108 Å². The quantitative estimate of drug-likeness (QED) is 0.616. The zero-order valence-corrected chi connectivity index (χ0v) is 10.1. The molecule has 18 heavy (non-hydrogen) atoms. The highest BCUT2D eigenvalue weighted by atomic mass is 35.5. The predicted octanol–water partition coefficient (Wildman–Crippen LogP) is 3.67. The van der Waals surface area contributed by atoms with E-state index in [2.05, 4.69) is 15.3 Å². The van der Waals surface area contributed by atoms with E-state index in [1.165, 1.54) is 0 Å². The minimum absolute atomic E-state index is 0.233. The van der Waals surface area contributed by atoms with Crippen LogP contribution in [-0.4, -0.2) is 15.1 Å². The van der Waals surface area contributed by atoms with Crippen molar-refractivity contribution in [3.8, 4) is 5.75 Å². The first-order valence-electron chi connectivity index (χ1n) is 5.42. The zero-order chi connectivity index (χ0) is 12.5. The van der Waals surface area contributed by atoms with Gasteiger partial charge in [-0.2, -0.15) is 0 Å². The largest absolute Gasteiger partial charge is 0.508 e. The van der Waals surface area contributed by atoms with Crippen LogP contribution < -0.4 is 5.32 Å². The molecule has 0 unspecified atom stereocenters. The number of hydrogen-bond donors (Lipinski definition) is 3. The number of aromatic amines is 1. The minimum atomic E-state index is 0.233. The topological polar surface area (TPSA) is 60.9 Å². The molecule has 0 aliphatic carbocycles. The van der Waals surface area contributed by atoms with Gasteiger partial charge in [-0.25, -0.2) is 4.98 Å². The summed E-state index contributed by atoms with van der Waals surface area (Å²) < 4.78 is 0. The lowest BCUT2D eigenvalue weighted by Crippen LogP contribution is -1.91.